The van der Waals surface area contributed by atoms with E-state index in [0.29, 0.717) is 0 Å². The van der Waals surface area contributed by atoms with Gasteiger partial charge < -0.3 is 14.9 Å². The molecule has 0 N–H and O–H groups in total. The molecule has 0 aliphatic heterocycles. The molecule has 2 aromatic rings. The quantitative estimate of drug-likeness (QED) is 0.507. The van der Waals surface area contributed by atoms with Gasteiger partial charge in [-0.3, -0.25) is 0 Å². The molecule has 0 fully saturated rings. The van der Waals surface area contributed by atoms with Crippen molar-refractivity contribution in [2.24, 2.45) is 0 Å². The van der Waals surface area contributed by atoms with Crippen LogP contribution in [-0.2, 0) is 25.8 Å². The molecular formula is C12H15Hf-3. The zero-order chi connectivity index (χ0) is 6.97. The van der Waals surface area contributed by atoms with E-state index in [1.165, 1.54) is 16.3 Å². The first-order valence-corrected chi connectivity index (χ1v) is 3.49. The average molecular weight is 338 g/mol. The van der Waals surface area contributed by atoms with E-state index in [4.69, 9.17) is 0 Å². The predicted octanol–water partition coefficient (Wildman–Crippen LogP) is 3.77. The molecule has 0 aliphatic rings. The molecule has 0 heterocycles. The molecule has 0 bridgehead atoms. The summed E-state index contributed by atoms with van der Waals surface area (Å²) in [5.41, 5.74) is 1.36. The van der Waals surface area contributed by atoms with Gasteiger partial charge in [0, 0.05) is 25.8 Å². The number of fused-ring (bicyclic) bond motifs is 1. The molecule has 0 unspecified atom stereocenters. The summed E-state index contributed by atoms with van der Waals surface area (Å²) in [7, 11) is 0. The van der Waals surface area contributed by atoms with Gasteiger partial charge in [-0.25, -0.2) is 0 Å². The summed E-state index contributed by atoms with van der Waals surface area (Å²) in [6.45, 7) is 2.14. The van der Waals surface area contributed by atoms with E-state index < -0.39 is 0 Å². The van der Waals surface area contributed by atoms with Crippen molar-refractivity contribution in [1.29, 1.82) is 0 Å². The Bertz CT molecular complexity index is 347. The second-order valence-corrected chi connectivity index (χ2v) is 2.60. The Kier molecular flexibility index (Phi) is 7.24. The maximum absolute atomic E-state index is 2.16. The summed E-state index contributed by atoms with van der Waals surface area (Å²) in [5, 5.41) is 2.72. The van der Waals surface area contributed by atoms with Crippen molar-refractivity contribution < 1.29 is 25.8 Å². The second-order valence-electron chi connectivity index (χ2n) is 2.60. The van der Waals surface area contributed by atoms with E-state index in [9.17, 15) is 0 Å². The predicted molar refractivity (Wildman–Crippen MR) is 57.1 cm³/mol. The van der Waals surface area contributed by atoms with Gasteiger partial charge in [0.25, 0.3) is 0 Å². The zero-order valence-corrected chi connectivity index (χ0v) is 12.1. The third kappa shape index (κ3) is 2.84. The van der Waals surface area contributed by atoms with Crippen LogP contribution in [0.5, 0.6) is 0 Å². The topological polar surface area (TPSA) is 0 Å². The van der Waals surface area contributed by atoms with Gasteiger partial charge in [0.2, 0.25) is 0 Å². The molecule has 0 saturated carbocycles. The Morgan fingerprint density at radius 3 is 2.38 bits per heavy atom. The number of hydrogen-bond acceptors (Lipinski definition) is 0. The molecule has 0 atom stereocenters. The average Bonchev–Trinajstić information content (AvgIpc) is 2.36. The van der Waals surface area contributed by atoms with Gasteiger partial charge in [0.05, 0.1) is 0 Å². The van der Waals surface area contributed by atoms with Crippen LogP contribution >= 0.6 is 0 Å². The Morgan fingerprint density at radius 1 is 1.08 bits per heavy atom. The first kappa shape index (κ1) is 15.2. The van der Waals surface area contributed by atoms with Crippen LogP contribution in [0.2, 0.25) is 0 Å². The van der Waals surface area contributed by atoms with Gasteiger partial charge in [-0.15, -0.1) is 34.5 Å². The van der Waals surface area contributed by atoms with Gasteiger partial charge in [-0.1, -0.05) is 13.0 Å². The van der Waals surface area contributed by atoms with E-state index >= 15 is 0 Å². The molecule has 0 radical (unpaired) electrons. The van der Waals surface area contributed by atoms with Crippen molar-refractivity contribution in [3.05, 3.63) is 56.8 Å². The summed E-state index contributed by atoms with van der Waals surface area (Å²) >= 11 is 0. The molecule has 0 nitrogen and oxygen atoms in total. The van der Waals surface area contributed by atoms with Gasteiger partial charge in [0.1, 0.15) is 0 Å². The van der Waals surface area contributed by atoms with E-state index in [1.54, 1.807) is 0 Å². The summed E-state index contributed by atoms with van der Waals surface area (Å²) in [4.78, 5) is 0. The molecule has 13 heavy (non-hydrogen) atoms. The molecular weight excluding hydrogens is 323 g/mol. The van der Waals surface area contributed by atoms with Crippen molar-refractivity contribution in [2.45, 2.75) is 6.92 Å². The van der Waals surface area contributed by atoms with Crippen LogP contribution in [0.25, 0.3) is 10.8 Å². The van der Waals surface area contributed by atoms with Gasteiger partial charge in [-0.05, 0) is 0 Å². The maximum atomic E-state index is 2.16. The number of aryl methyl sites for hydroxylation is 1. The molecule has 70 valence electrons. The van der Waals surface area contributed by atoms with E-state index in [1.807, 2.05) is 0 Å². The monoisotopic (exact) mass is 339 g/mol. The van der Waals surface area contributed by atoms with E-state index in [0.717, 1.165) is 0 Å². The molecule has 0 aromatic heterocycles. The molecule has 2 rings (SSSR count). The van der Waals surface area contributed by atoms with Crippen molar-refractivity contribution in [2.75, 3.05) is 0 Å². The number of benzene rings is 1. The van der Waals surface area contributed by atoms with E-state index in [2.05, 4.69) is 43.3 Å². The molecule has 2 aromatic carbocycles. The second kappa shape index (κ2) is 6.20. The Hall–Kier alpha value is -0.300. The van der Waals surface area contributed by atoms with Crippen LogP contribution in [-0.4, -0.2) is 0 Å². The molecule has 0 aliphatic carbocycles. The van der Waals surface area contributed by atoms with Crippen molar-refractivity contribution >= 4 is 10.8 Å². The molecule has 0 amide bonds. The number of hydrogen-bond donors (Lipinski definition) is 0. The fourth-order valence-corrected chi connectivity index (χ4v) is 1.32. The van der Waals surface area contributed by atoms with Crippen LogP contribution in [0.3, 0.4) is 0 Å². The van der Waals surface area contributed by atoms with Crippen LogP contribution in [0, 0.1) is 21.8 Å². The van der Waals surface area contributed by atoms with Crippen LogP contribution in [0.4, 0.5) is 0 Å². The Labute approximate surface area is 100 Å². The number of rotatable bonds is 0. The standard InChI is InChI=1S/C10H9.2CH3.Hf/c1-8-4-2-5-9-6-3-7-10(8)9;;;/h2-7H,1H3;2*1H3;/q3*-1;. The van der Waals surface area contributed by atoms with Gasteiger partial charge in [-0.2, -0.15) is 12.1 Å². The van der Waals surface area contributed by atoms with Crippen molar-refractivity contribution in [1.82, 2.24) is 0 Å². The SMILES string of the molecule is Cc1cccc2cc[cH-]c12.[CH3-].[CH3-].[Hf]. The minimum atomic E-state index is 0. The van der Waals surface area contributed by atoms with Gasteiger partial charge >= 0.3 is 0 Å². The van der Waals surface area contributed by atoms with Crippen molar-refractivity contribution in [3.8, 4) is 0 Å². The zero-order valence-electron chi connectivity index (χ0n) is 8.46. The minimum absolute atomic E-state index is 0. The smallest absolute Gasteiger partial charge is 0 e. The summed E-state index contributed by atoms with van der Waals surface area (Å²) in [6, 6.07) is 12.8. The van der Waals surface area contributed by atoms with Crippen LogP contribution < -0.4 is 0 Å². The first-order valence-electron chi connectivity index (χ1n) is 3.49. The fourth-order valence-electron chi connectivity index (χ4n) is 1.32. The fraction of sp³-hybridized carbons (Fsp3) is 0.0833. The Balaban J connectivity index is 0. The van der Waals surface area contributed by atoms with E-state index in [-0.39, 0.29) is 40.7 Å². The summed E-state index contributed by atoms with van der Waals surface area (Å²) in [5.74, 6) is 0. The van der Waals surface area contributed by atoms with Crippen LogP contribution in [0.1, 0.15) is 5.56 Å². The molecule has 0 spiro atoms. The molecule has 0 saturated heterocycles. The largest absolute Gasteiger partial charge is 0.358 e. The molecule has 1 heteroatoms. The van der Waals surface area contributed by atoms with Crippen LogP contribution in [0.15, 0.2) is 36.4 Å². The minimum Gasteiger partial charge on any atom is -0.358 e. The maximum Gasteiger partial charge on any atom is 0 e. The summed E-state index contributed by atoms with van der Waals surface area (Å²) in [6.07, 6.45) is 0. The third-order valence-corrected chi connectivity index (χ3v) is 1.90. The van der Waals surface area contributed by atoms with Gasteiger partial charge in [0.15, 0.2) is 0 Å². The van der Waals surface area contributed by atoms with Crippen molar-refractivity contribution in [3.63, 3.8) is 0 Å². The third-order valence-electron chi connectivity index (χ3n) is 1.90. The first-order chi connectivity index (χ1) is 4.88. The normalized spacial score (nSPS) is 8.08. The summed E-state index contributed by atoms with van der Waals surface area (Å²) < 4.78 is 0. The Morgan fingerprint density at radius 2 is 1.77 bits per heavy atom.